The highest BCUT2D eigenvalue weighted by Gasteiger charge is 2.61. The third-order valence-electron chi connectivity index (χ3n) is 6.74. The summed E-state index contributed by atoms with van der Waals surface area (Å²) in [7, 11) is 0. The second-order valence-corrected chi connectivity index (χ2v) is 9.90. The third-order valence-corrected chi connectivity index (χ3v) is 7.69. The number of carbonyl (C=O) groups excluding carboxylic acids is 1. The molecule has 1 N–H and O–H groups in total. The molecule has 1 aromatic heterocycles. The van der Waals surface area contributed by atoms with Crippen molar-refractivity contribution in [3.05, 3.63) is 41.2 Å². The van der Waals surface area contributed by atoms with Crippen LogP contribution in [0.3, 0.4) is 0 Å². The molecule has 0 aliphatic heterocycles. The number of nitrogens with zero attached hydrogens (tertiary/aromatic N) is 3. The predicted octanol–water partition coefficient (Wildman–Crippen LogP) is 4.47. The lowest BCUT2D eigenvalue weighted by atomic mass is 9.70. The average molecular weight is 383 g/mol. The van der Waals surface area contributed by atoms with Crippen LogP contribution in [0.5, 0.6) is 0 Å². The Morgan fingerprint density at radius 3 is 2.63 bits per heavy atom. The molecule has 1 fully saturated rings. The van der Waals surface area contributed by atoms with E-state index in [1.807, 2.05) is 38.1 Å². The Kier molecular flexibility index (Phi) is 4.29. The normalized spacial score (nSPS) is 25.9. The van der Waals surface area contributed by atoms with Gasteiger partial charge in [-0.3, -0.25) is 4.79 Å². The fraction of sp³-hybridized carbons (Fsp3) is 0.524. The molecule has 2 aliphatic rings. The molecule has 2 aliphatic carbocycles. The highest BCUT2D eigenvalue weighted by molar-refractivity contribution is 8.00. The number of aryl methyl sites for hydroxylation is 1. The number of rotatable bonds is 4. The van der Waals surface area contributed by atoms with Gasteiger partial charge in [-0.05, 0) is 44.2 Å². The molecule has 1 heterocycles. The van der Waals surface area contributed by atoms with Gasteiger partial charge >= 0.3 is 0 Å². The molecular weight excluding hydrogens is 356 g/mol. The summed E-state index contributed by atoms with van der Waals surface area (Å²) in [5, 5.41) is 12.1. The average Bonchev–Trinajstić information content (AvgIpc) is 2.96. The largest absolute Gasteiger partial charge is 0.325 e. The van der Waals surface area contributed by atoms with Crippen LogP contribution in [-0.2, 0) is 10.2 Å². The van der Waals surface area contributed by atoms with Crippen molar-refractivity contribution in [3.8, 4) is 0 Å². The molecular formula is C21H26N4OS. The van der Waals surface area contributed by atoms with E-state index in [-0.39, 0.29) is 22.0 Å². The number of hydrogen-bond acceptors (Lipinski definition) is 5. The van der Waals surface area contributed by atoms with Crippen molar-refractivity contribution < 1.29 is 4.79 Å². The van der Waals surface area contributed by atoms with Crippen molar-refractivity contribution in [1.29, 1.82) is 0 Å². The number of aromatic nitrogens is 3. The lowest BCUT2D eigenvalue weighted by molar-refractivity contribution is -0.115. The second-order valence-electron chi connectivity index (χ2n) is 8.59. The first kappa shape index (κ1) is 18.4. The molecule has 0 saturated heterocycles. The minimum absolute atomic E-state index is 0.0473. The van der Waals surface area contributed by atoms with Crippen LogP contribution in [0.2, 0.25) is 0 Å². The van der Waals surface area contributed by atoms with E-state index < -0.39 is 0 Å². The minimum atomic E-state index is -0.300. The lowest BCUT2D eigenvalue weighted by Gasteiger charge is -2.34. The monoisotopic (exact) mass is 382 g/mol. The number of hydrogen-bond donors (Lipinski definition) is 1. The van der Waals surface area contributed by atoms with Crippen LogP contribution in [0.25, 0.3) is 0 Å². The Bertz CT molecular complexity index is 896. The van der Waals surface area contributed by atoms with Crippen molar-refractivity contribution in [2.75, 3.05) is 5.32 Å². The second kappa shape index (κ2) is 6.30. The summed E-state index contributed by atoms with van der Waals surface area (Å²) in [6, 6.07) is 7.80. The zero-order valence-electron chi connectivity index (χ0n) is 16.5. The van der Waals surface area contributed by atoms with Crippen molar-refractivity contribution in [2.24, 2.45) is 5.41 Å². The summed E-state index contributed by atoms with van der Waals surface area (Å²) in [4.78, 5) is 17.4. The molecule has 1 saturated carbocycles. The number of benzene rings is 1. The number of carbonyl (C=O) groups is 1. The summed E-state index contributed by atoms with van der Waals surface area (Å²) in [5.41, 5.74) is 4.33. The molecule has 0 spiro atoms. The van der Waals surface area contributed by atoms with Gasteiger partial charge in [0.05, 0.1) is 16.6 Å². The van der Waals surface area contributed by atoms with Crippen LogP contribution in [0, 0.1) is 12.3 Å². The number of thioether (sulfide) groups is 1. The van der Waals surface area contributed by atoms with Gasteiger partial charge < -0.3 is 5.32 Å². The van der Waals surface area contributed by atoms with E-state index in [1.54, 1.807) is 0 Å². The standard InChI is InChI=1S/C21H26N4OS/c1-12-6-8-14(9-7-12)22-18(26)13(2)27-19-23-17-16(24-25-19)15-10-11-21(17,5)20(15,3)4/h6-9,13,15H,10-11H2,1-5H3,(H,22,26)/t13-,15-,21+/m1/s1. The molecule has 2 aromatic rings. The number of amides is 1. The molecule has 0 unspecified atom stereocenters. The topological polar surface area (TPSA) is 67.8 Å². The molecule has 142 valence electrons. The Morgan fingerprint density at radius 2 is 1.93 bits per heavy atom. The van der Waals surface area contributed by atoms with E-state index >= 15 is 0 Å². The van der Waals surface area contributed by atoms with E-state index in [1.165, 1.54) is 17.3 Å². The van der Waals surface area contributed by atoms with Crippen LogP contribution in [0.15, 0.2) is 29.4 Å². The zero-order valence-corrected chi connectivity index (χ0v) is 17.4. The van der Waals surface area contributed by atoms with Gasteiger partial charge in [-0.15, -0.1) is 5.10 Å². The summed E-state index contributed by atoms with van der Waals surface area (Å²) in [6.45, 7) is 10.8. The van der Waals surface area contributed by atoms with E-state index in [2.05, 4.69) is 36.3 Å². The SMILES string of the molecule is Cc1ccc(NC(=O)[C@@H](C)Sc2nnc3c(n2)[C@]2(C)CC[C@H]3C2(C)C)cc1. The van der Waals surface area contributed by atoms with Gasteiger partial charge in [0.25, 0.3) is 0 Å². The summed E-state index contributed by atoms with van der Waals surface area (Å²) >= 11 is 1.37. The van der Waals surface area contributed by atoms with Gasteiger partial charge in [0.2, 0.25) is 11.1 Å². The molecule has 5 nitrogen and oxygen atoms in total. The smallest absolute Gasteiger partial charge is 0.237 e. The summed E-state index contributed by atoms with van der Waals surface area (Å²) in [5.74, 6) is 0.389. The van der Waals surface area contributed by atoms with Crippen molar-refractivity contribution >= 4 is 23.4 Å². The van der Waals surface area contributed by atoms with Crippen molar-refractivity contribution in [3.63, 3.8) is 0 Å². The third kappa shape index (κ3) is 2.85. The number of fused-ring (bicyclic) bond motifs is 5. The summed E-state index contributed by atoms with van der Waals surface area (Å²) in [6.07, 6.45) is 2.30. The van der Waals surface area contributed by atoms with Gasteiger partial charge in [0.15, 0.2) is 0 Å². The van der Waals surface area contributed by atoms with Crippen LogP contribution < -0.4 is 5.32 Å². The Balaban J connectivity index is 1.50. The fourth-order valence-corrected chi connectivity index (χ4v) is 5.22. The minimum Gasteiger partial charge on any atom is -0.325 e. The van der Waals surface area contributed by atoms with Crippen LogP contribution >= 0.6 is 11.8 Å². The fourth-order valence-electron chi connectivity index (χ4n) is 4.51. The van der Waals surface area contributed by atoms with E-state index in [4.69, 9.17) is 4.98 Å². The molecule has 1 aromatic carbocycles. The predicted molar refractivity (Wildman–Crippen MR) is 108 cm³/mol. The molecule has 4 rings (SSSR count). The van der Waals surface area contributed by atoms with Gasteiger partial charge in [0, 0.05) is 17.0 Å². The first-order valence-electron chi connectivity index (χ1n) is 9.51. The van der Waals surface area contributed by atoms with Crippen molar-refractivity contribution in [1.82, 2.24) is 15.2 Å². The highest BCUT2D eigenvalue weighted by Crippen LogP contribution is 2.66. The van der Waals surface area contributed by atoms with Crippen molar-refractivity contribution in [2.45, 2.75) is 69.2 Å². The molecule has 1 amide bonds. The molecule has 0 radical (unpaired) electrons. The maximum Gasteiger partial charge on any atom is 0.237 e. The van der Waals surface area contributed by atoms with E-state index in [0.717, 1.165) is 29.9 Å². The molecule has 6 heteroatoms. The number of anilines is 1. The molecule has 2 bridgehead atoms. The first-order valence-corrected chi connectivity index (χ1v) is 10.4. The maximum absolute atomic E-state index is 12.5. The van der Waals surface area contributed by atoms with Crippen LogP contribution in [-0.4, -0.2) is 26.3 Å². The molecule has 3 atom stereocenters. The van der Waals surface area contributed by atoms with Crippen LogP contribution in [0.1, 0.15) is 63.4 Å². The van der Waals surface area contributed by atoms with Gasteiger partial charge in [-0.25, -0.2) is 4.98 Å². The number of nitrogens with one attached hydrogen (secondary N) is 1. The maximum atomic E-state index is 12.5. The Hall–Kier alpha value is -1.95. The lowest BCUT2D eigenvalue weighted by Crippen LogP contribution is -2.32. The molecule has 27 heavy (non-hydrogen) atoms. The quantitative estimate of drug-likeness (QED) is 0.790. The van der Waals surface area contributed by atoms with Crippen LogP contribution in [0.4, 0.5) is 5.69 Å². The Morgan fingerprint density at radius 1 is 1.22 bits per heavy atom. The van der Waals surface area contributed by atoms with Gasteiger partial charge in [0.1, 0.15) is 0 Å². The van der Waals surface area contributed by atoms with Gasteiger partial charge in [-0.2, -0.15) is 5.10 Å². The highest BCUT2D eigenvalue weighted by atomic mass is 32.2. The van der Waals surface area contributed by atoms with E-state index in [9.17, 15) is 4.79 Å². The van der Waals surface area contributed by atoms with E-state index in [0.29, 0.717) is 11.1 Å². The zero-order chi connectivity index (χ0) is 19.4. The first-order chi connectivity index (χ1) is 12.7. The Labute approximate surface area is 164 Å². The van der Waals surface area contributed by atoms with Gasteiger partial charge in [-0.1, -0.05) is 50.2 Å². The summed E-state index contributed by atoms with van der Waals surface area (Å²) < 4.78 is 0.